The van der Waals surface area contributed by atoms with Gasteiger partial charge in [0.05, 0.1) is 18.8 Å². The van der Waals surface area contributed by atoms with Gasteiger partial charge < -0.3 is 20.6 Å². The molecule has 0 aliphatic rings. The van der Waals surface area contributed by atoms with Crippen LogP contribution in [0.3, 0.4) is 0 Å². The van der Waals surface area contributed by atoms with Crippen LogP contribution in [0.1, 0.15) is 316 Å². The average Bonchev–Trinajstić information content (AvgIpc) is 3.24. The molecule has 4 N–H and O–H groups in total. The molecule has 0 unspecified atom stereocenters. The lowest BCUT2D eigenvalue weighted by molar-refractivity contribution is -0.124. The SMILES string of the molecule is CCCCCCCCCCCCCCCCCCCCCCCCCCCCCCCCCCCCCCC(=O)N[C@@H](CO)[C@H](O)[C@H](O)CCCCCCCCCCC. The summed E-state index contributed by atoms with van der Waals surface area (Å²) in [4.78, 5) is 12.4. The van der Waals surface area contributed by atoms with Gasteiger partial charge in [-0.3, -0.25) is 4.79 Å². The highest BCUT2D eigenvalue weighted by molar-refractivity contribution is 5.76. The molecular weight excluding hydrogens is 727 g/mol. The van der Waals surface area contributed by atoms with Crippen molar-refractivity contribution in [1.29, 1.82) is 0 Å². The van der Waals surface area contributed by atoms with E-state index in [4.69, 9.17) is 0 Å². The third-order valence-corrected chi connectivity index (χ3v) is 13.2. The van der Waals surface area contributed by atoms with E-state index in [9.17, 15) is 20.1 Å². The van der Waals surface area contributed by atoms with Gasteiger partial charge in [0.2, 0.25) is 5.91 Å². The largest absolute Gasteiger partial charge is 0.394 e. The molecule has 0 aromatic carbocycles. The summed E-state index contributed by atoms with van der Waals surface area (Å²) in [6.45, 7) is 4.18. The van der Waals surface area contributed by atoms with Gasteiger partial charge in [-0.2, -0.15) is 0 Å². The van der Waals surface area contributed by atoms with Crippen LogP contribution in [-0.2, 0) is 4.79 Å². The second-order valence-electron chi connectivity index (χ2n) is 19.2. The molecule has 0 saturated heterocycles. The first kappa shape index (κ1) is 58.4. The minimum Gasteiger partial charge on any atom is -0.394 e. The van der Waals surface area contributed by atoms with E-state index in [1.165, 1.54) is 250 Å². The molecule has 0 saturated carbocycles. The van der Waals surface area contributed by atoms with E-state index in [1.54, 1.807) is 0 Å². The second kappa shape index (κ2) is 50.0. The first-order chi connectivity index (χ1) is 29.1. The number of nitrogens with one attached hydrogen (secondary N) is 1. The first-order valence-electron chi connectivity index (χ1n) is 27.3. The van der Waals surface area contributed by atoms with Crippen LogP contribution in [-0.4, -0.2) is 46.1 Å². The van der Waals surface area contributed by atoms with E-state index in [2.05, 4.69) is 19.2 Å². The number of rotatable bonds is 51. The minimum atomic E-state index is -1.13. The quantitative estimate of drug-likeness (QED) is 0.0460. The molecule has 1 amide bonds. The van der Waals surface area contributed by atoms with Gasteiger partial charge in [0.25, 0.3) is 0 Å². The maximum absolute atomic E-state index is 12.4. The summed E-state index contributed by atoms with van der Waals surface area (Å²) in [5.41, 5.74) is 0. The molecule has 3 atom stereocenters. The lowest BCUT2D eigenvalue weighted by Crippen LogP contribution is -2.50. The van der Waals surface area contributed by atoms with Crippen molar-refractivity contribution >= 4 is 5.91 Å². The Morgan fingerprint density at radius 1 is 0.356 bits per heavy atom. The van der Waals surface area contributed by atoms with Crippen molar-refractivity contribution in [3.05, 3.63) is 0 Å². The zero-order valence-corrected chi connectivity index (χ0v) is 40.4. The third kappa shape index (κ3) is 45.2. The zero-order chi connectivity index (χ0) is 43.0. The molecule has 59 heavy (non-hydrogen) atoms. The molecule has 0 aromatic heterocycles. The number of carbonyl (C=O) groups is 1. The van der Waals surface area contributed by atoms with Crippen LogP contribution in [0.15, 0.2) is 0 Å². The van der Waals surface area contributed by atoms with Crippen LogP contribution in [0.5, 0.6) is 0 Å². The molecule has 354 valence electrons. The molecule has 0 aliphatic heterocycles. The molecule has 5 nitrogen and oxygen atoms in total. The van der Waals surface area contributed by atoms with Crippen molar-refractivity contribution in [2.75, 3.05) is 6.61 Å². The Kier molecular flexibility index (Phi) is 49.4. The van der Waals surface area contributed by atoms with Gasteiger partial charge in [0.15, 0.2) is 0 Å². The lowest BCUT2D eigenvalue weighted by atomic mass is 9.99. The van der Waals surface area contributed by atoms with Crippen molar-refractivity contribution in [2.24, 2.45) is 0 Å². The van der Waals surface area contributed by atoms with Crippen molar-refractivity contribution in [3.63, 3.8) is 0 Å². The molecular formula is C54H109NO4. The van der Waals surface area contributed by atoms with Crippen LogP contribution in [0.4, 0.5) is 0 Å². The highest BCUT2D eigenvalue weighted by Crippen LogP contribution is 2.18. The molecule has 0 heterocycles. The standard InChI is InChI=1S/C54H109NO4/c1-3-5-7-9-11-13-14-15-16-17-18-19-20-21-22-23-24-25-26-27-28-29-30-31-32-33-34-35-36-37-38-39-41-43-45-47-49-53(58)55-51(50-56)54(59)52(57)48-46-44-42-40-12-10-8-6-4-2/h51-52,54,56-57,59H,3-50H2,1-2H3,(H,55,58)/t51-,52+,54-/m0/s1. The smallest absolute Gasteiger partial charge is 0.220 e. The van der Waals surface area contributed by atoms with Gasteiger partial charge in [-0.05, 0) is 12.8 Å². The average molecular weight is 836 g/mol. The van der Waals surface area contributed by atoms with Crippen LogP contribution in [0.25, 0.3) is 0 Å². The summed E-state index contributed by atoms with van der Waals surface area (Å²) in [6.07, 6.45) is 60.0. The third-order valence-electron chi connectivity index (χ3n) is 13.2. The van der Waals surface area contributed by atoms with Crippen LogP contribution in [0.2, 0.25) is 0 Å². The fourth-order valence-electron chi connectivity index (χ4n) is 8.99. The van der Waals surface area contributed by atoms with Gasteiger partial charge in [0.1, 0.15) is 6.10 Å². The number of hydrogen-bond acceptors (Lipinski definition) is 4. The number of carbonyl (C=O) groups excluding carboxylic acids is 1. The molecule has 0 radical (unpaired) electrons. The Hall–Kier alpha value is -0.650. The number of unbranched alkanes of at least 4 members (excludes halogenated alkanes) is 43. The molecule has 0 rings (SSSR count). The maximum atomic E-state index is 12.4. The summed E-state index contributed by atoms with van der Waals surface area (Å²) in [5.74, 6) is -0.139. The predicted octanol–water partition coefficient (Wildman–Crippen LogP) is 16.6. The Morgan fingerprint density at radius 3 is 0.814 bits per heavy atom. The Balaban J connectivity index is 3.36. The fourth-order valence-corrected chi connectivity index (χ4v) is 8.99. The van der Waals surface area contributed by atoms with Crippen LogP contribution >= 0.6 is 0 Å². The zero-order valence-electron chi connectivity index (χ0n) is 40.4. The predicted molar refractivity (Wildman–Crippen MR) is 259 cm³/mol. The summed E-state index contributed by atoms with van der Waals surface area (Å²) in [5, 5.41) is 33.5. The van der Waals surface area contributed by atoms with E-state index in [0.29, 0.717) is 12.8 Å². The molecule has 0 bridgehead atoms. The summed E-state index contributed by atoms with van der Waals surface area (Å²) in [6, 6.07) is -0.802. The Bertz CT molecular complexity index is 792. The Labute approximate surface area is 370 Å². The van der Waals surface area contributed by atoms with Crippen molar-refractivity contribution in [2.45, 2.75) is 334 Å². The number of aliphatic hydroxyl groups is 3. The number of hydrogen-bond donors (Lipinski definition) is 4. The van der Waals surface area contributed by atoms with E-state index < -0.39 is 18.2 Å². The van der Waals surface area contributed by atoms with Crippen LogP contribution < -0.4 is 5.32 Å². The number of amides is 1. The maximum Gasteiger partial charge on any atom is 0.220 e. The molecule has 0 aliphatic carbocycles. The summed E-state index contributed by atoms with van der Waals surface area (Å²) in [7, 11) is 0. The lowest BCUT2D eigenvalue weighted by Gasteiger charge is -2.26. The van der Waals surface area contributed by atoms with E-state index >= 15 is 0 Å². The second-order valence-corrected chi connectivity index (χ2v) is 19.2. The van der Waals surface area contributed by atoms with Gasteiger partial charge in [-0.15, -0.1) is 0 Å². The van der Waals surface area contributed by atoms with Gasteiger partial charge in [-0.1, -0.05) is 296 Å². The van der Waals surface area contributed by atoms with Gasteiger partial charge in [-0.25, -0.2) is 0 Å². The summed E-state index contributed by atoms with van der Waals surface area (Å²) < 4.78 is 0. The van der Waals surface area contributed by atoms with Crippen molar-refractivity contribution in [1.82, 2.24) is 5.32 Å². The van der Waals surface area contributed by atoms with Crippen molar-refractivity contribution < 1.29 is 20.1 Å². The molecule has 0 fully saturated rings. The Morgan fingerprint density at radius 2 is 0.576 bits per heavy atom. The fraction of sp³-hybridized carbons (Fsp3) is 0.981. The number of aliphatic hydroxyl groups excluding tert-OH is 3. The molecule has 0 aromatic rings. The highest BCUT2D eigenvalue weighted by Gasteiger charge is 2.26. The van der Waals surface area contributed by atoms with E-state index in [1.807, 2.05) is 0 Å². The van der Waals surface area contributed by atoms with Crippen LogP contribution in [0, 0.1) is 0 Å². The van der Waals surface area contributed by atoms with Crippen molar-refractivity contribution in [3.8, 4) is 0 Å². The monoisotopic (exact) mass is 836 g/mol. The highest BCUT2D eigenvalue weighted by atomic mass is 16.3. The van der Waals surface area contributed by atoms with E-state index in [-0.39, 0.29) is 12.5 Å². The van der Waals surface area contributed by atoms with Gasteiger partial charge >= 0.3 is 0 Å². The van der Waals surface area contributed by atoms with E-state index in [0.717, 1.165) is 38.5 Å². The topological polar surface area (TPSA) is 89.8 Å². The summed E-state index contributed by atoms with van der Waals surface area (Å²) >= 11 is 0. The first-order valence-corrected chi connectivity index (χ1v) is 27.3. The minimum absolute atomic E-state index is 0.139. The normalized spacial score (nSPS) is 13.2. The molecule has 5 heteroatoms. The molecule has 0 spiro atoms. The van der Waals surface area contributed by atoms with Gasteiger partial charge in [0, 0.05) is 6.42 Å².